The van der Waals surface area contributed by atoms with Gasteiger partial charge in [0.25, 0.3) is 0 Å². The lowest BCUT2D eigenvalue weighted by Gasteiger charge is -2.35. The fourth-order valence-corrected chi connectivity index (χ4v) is 7.00. The van der Waals surface area contributed by atoms with Gasteiger partial charge in [-0.3, -0.25) is 43.6 Å². The molecule has 1 fully saturated rings. The Bertz CT molecular complexity index is 1610. The molecule has 1 aliphatic heterocycles. The van der Waals surface area contributed by atoms with Crippen LogP contribution in [0.15, 0.2) is 28.9 Å². The Morgan fingerprint density at radius 2 is 1.13 bits per heavy atom. The number of hydrogen-bond acceptors (Lipinski definition) is 11. The molecular formula is C40H57F4N5O11. The molecule has 0 aliphatic carbocycles. The van der Waals surface area contributed by atoms with Crippen LogP contribution in [0, 0.1) is 23.3 Å². The van der Waals surface area contributed by atoms with Crippen molar-refractivity contribution in [3.63, 3.8) is 0 Å². The predicted molar refractivity (Wildman–Crippen MR) is 207 cm³/mol. The summed E-state index contributed by atoms with van der Waals surface area (Å²) in [5.41, 5.74) is 0. The Balaban J connectivity index is 1.39. The molecule has 0 saturated carbocycles. The lowest BCUT2D eigenvalue weighted by atomic mass is 10.0. The standard InChI is InChI=1S/C40H57F4N5O11/c41-28-24-29(42)38(44)39(37(28)43)60-32(31-11-9-23-59-31)10-7-5-3-1-2-4-6-8-14-45-33(50)13-12-30(40(57)58)49-21-19-47(26-35(53)54)17-15-46(25-34(51)52)16-18-48(20-22-49)27-36(55)56/h9,11,23-24,30,32H,1-8,10,12-22,25-27H2,(H,45,50)(H,51,52)(H,53,54)(H,55,56)(H,57,58). The van der Waals surface area contributed by atoms with Gasteiger partial charge in [-0.2, -0.15) is 8.78 Å². The molecule has 2 heterocycles. The quantitative estimate of drug-likeness (QED) is 0.0535. The molecule has 20 heteroatoms. The molecule has 5 N–H and O–H groups in total. The molecule has 0 radical (unpaired) electrons. The molecule has 2 unspecified atom stereocenters. The first-order valence-corrected chi connectivity index (χ1v) is 20.2. The van der Waals surface area contributed by atoms with Crippen LogP contribution in [0.25, 0.3) is 0 Å². The number of amides is 1. The van der Waals surface area contributed by atoms with E-state index in [0.29, 0.717) is 25.8 Å². The minimum atomic E-state index is -1.62. The molecular weight excluding hydrogens is 802 g/mol. The van der Waals surface area contributed by atoms with Gasteiger partial charge in [0.1, 0.15) is 11.8 Å². The molecule has 1 aromatic carbocycles. The maximum absolute atomic E-state index is 14.2. The highest BCUT2D eigenvalue weighted by Gasteiger charge is 2.29. The zero-order valence-electron chi connectivity index (χ0n) is 33.7. The number of carbonyl (C=O) groups is 5. The van der Waals surface area contributed by atoms with E-state index in [0.717, 1.165) is 38.5 Å². The summed E-state index contributed by atoms with van der Waals surface area (Å²) in [5.74, 6) is -12.0. The van der Waals surface area contributed by atoms with Crippen molar-refractivity contribution in [2.75, 3.05) is 78.5 Å². The highest BCUT2D eigenvalue weighted by molar-refractivity contribution is 5.78. The average molecular weight is 860 g/mol. The summed E-state index contributed by atoms with van der Waals surface area (Å²) in [4.78, 5) is 66.2. The molecule has 0 bridgehead atoms. The van der Waals surface area contributed by atoms with Crippen molar-refractivity contribution in [3.05, 3.63) is 53.5 Å². The number of nitrogens with zero attached hydrogens (tertiary/aromatic N) is 4. The monoisotopic (exact) mass is 859 g/mol. The van der Waals surface area contributed by atoms with Crippen LogP contribution >= 0.6 is 0 Å². The third-order valence-electron chi connectivity index (χ3n) is 10.2. The van der Waals surface area contributed by atoms with Crippen LogP contribution in [-0.2, 0) is 24.0 Å². The molecule has 16 nitrogen and oxygen atoms in total. The number of rotatable bonds is 25. The van der Waals surface area contributed by atoms with Crippen molar-refractivity contribution < 1.29 is 71.1 Å². The van der Waals surface area contributed by atoms with Gasteiger partial charge in [-0.05, 0) is 37.8 Å². The second kappa shape index (κ2) is 26.4. The number of ether oxygens (including phenoxy) is 1. The van der Waals surface area contributed by atoms with Gasteiger partial charge in [-0.1, -0.05) is 38.5 Å². The maximum Gasteiger partial charge on any atom is 0.320 e. The molecule has 1 aromatic heterocycles. The van der Waals surface area contributed by atoms with Crippen molar-refractivity contribution in [2.24, 2.45) is 0 Å². The number of halogens is 4. The molecule has 1 aliphatic rings. The fraction of sp³-hybridized carbons (Fsp3) is 0.625. The van der Waals surface area contributed by atoms with Crippen LogP contribution in [0.1, 0.15) is 82.5 Å². The minimum absolute atomic E-state index is 0.0308. The van der Waals surface area contributed by atoms with Crippen LogP contribution < -0.4 is 10.1 Å². The van der Waals surface area contributed by atoms with Crippen molar-refractivity contribution in [1.29, 1.82) is 0 Å². The van der Waals surface area contributed by atoms with Gasteiger partial charge in [0, 0.05) is 71.4 Å². The van der Waals surface area contributed by atoms with E-state index in [2.05, 4.69) is 5.32 Å². The Hall–Kier alpha value is -4.79. The molecule has 3 rings (SSSR count). The summed E-state index contributed by atoms with van der Waals surface area (Å²) >= 11 is 0. The van der Waals surface area contributed by atoms with E-state index in [9.17, 15) is 62.0 Å². The summed E-state index contributed by atoms with van der Waals surface area (Å²) in [5, 5.41) is 41.3. The number of carboxylic acid groups (broad SMARTS) is 4. The number of nitrogens with one attached hydrogen (secondary N) is 1. The fourth-order valence-electron chi connectivity index (χ4n) is 7.00. The number of aliphatic carboxylic acids is 4. The van der Waals surface area contributed by atoms with Crippen LogP contribution in [0.5, 0.6) is 5.75 Å². The van der Waals surface area contributed by atoms with E-state index in [1.54, 1.807) is 31.7 Å². The molecule has 1 saturated heterocycles. The summed E-state index contributed by atoms with van der Waals surface area (Å²) < 4.78 is 66.6. The number of furan rings is 1. The normalized spacial score (nSPS) is 16.3. The van der Waals surface area contributed by atoms with Gasteiger partial charge >= 0.3 is 23.9 Å². The molecule has 2 atom stereocenters. The number of unbranched alkanes of at least 4 members (excludes halogenated alkanes) is 7. The summed E-state index contributed by atoms with van der Waals surface area (Å²) in [6, 6.07) is 2.13. The lowest BCUT2D eigenvalue weighted by molar-refractivity contribution is -0.145. The Morgan fingerprint density at radius 3 is 1.58 bits per heavy atom. The lowest BCUT2D eigenvalue weighted by Crippen LogP contribution is -2.52. The third kappa shape index (κ3) is 18.2. The van der Waals surface area contributed by atoms with E-state index in [4.69, 9.17) is 9.15 Å². The van der Waals surface area contributed by atoms with E-state index in [1.807, 2.05) is 0 Å². The van der Waals surface area contributed by atoms with Crippen molar-refractivity contribution in [1.82, 2.24) is 24.9 Å². The minimum Gasteiger partial charge on any atom is -0.480 e. The van der Waals surface area contributed by atoms with Crippen molar-refractivity contribution in [2.45, 2.75) is 82.8 Å². The van der Waals surface area contributed by atoms with Crippen LogP contribution in [0.2, 0.25) is 0 Å². The van der Waals surface area contributed by atoms with Crippen LogP contribution in [0.4, 0.5) is 17.6 Å². The summed E-state index contributed by atoms with van der Waals surface area (Å²) in [6.45, 7) is 0.723. The molecule has 60 heavy (non-hydrogen) atoms. The number of carboxylic acids is 4. The Morgan fingerprint density at radius 1 is 0.667 bits per heavy atom. The smallest absolute Gasteiger partial charge is 0.320 e. The summed E-state index contributed by atoms with van der Waals surface area (Å²) in [6.07, 6.45) is 7.11. The van der Waals surface area contributed by atoms with Gasteiger partial charge < -0.3 is 34.9 Å². The first kappa shape index (κ1) is 49.6. The Labute approximate surface area is 346 Å². The summed E-state index contributed by atoms with van der Waals surface area (Å²) in [7, 11) is 0. The SMILES string of the molecule is O=C(O)CN1CCN(CC(=O)O)CCN(C(CCC(=O)NCCCCCCCCCCC(Oc2c(F)c(F)cc(F)c2F)c2ccco2)C(=O)O)CCN(CC(=O)O)CC1. The second-order valence-corrected chi connectivity index (χ2v) is 14.8. The van der Waals surface area contributed by atoms with Crippen LogP contribution in [-0.4, -0.2) is 154 Å². The van der Waals surface area contributed by atoms with E-state index in [1.165, 1.54) is 6.26 Å². The third-order valence-corrected chi connectivity index (χ3v) is 10.2. The molecule has 0 spiro atoms. The number of benzene rings is 1. The Kier molecular flexibility index (Phi) is 21.8. The number of hydrogen-bond donors (Lipinski definition) is 5. The van der Waals surface area contributed by atoms with E-state index in [-0.39, 0.29) is 103 Å². The molecule has 1 amide bonds. The topological polar surface area (TPSA) is 214 Å². The van der Waals surface area contributed by atoms with Gasteiger partial charge in [0.2, 0.25) is 17.5 Å². The molecule has 336 valence electrons. The van der Waals surface area contributed by atoms with Gasteiger partial charge in [-0.25, -0.2) is 8.78 Å². The van der Waals surface area contributed by atoms with Crippen molar-refractivity contribution >= 4 is 29.8 Å². The van der Waals surface area contributed by atoms with E-state index < -0.39 is 65.0 Å². The van der Waals surface area contributed by atoms with Gasteiger partial charge in [0.05, 0.1) is 25.9 Å². The molecule has 2 aromatic rings. The first-order valence-electron chi connectivity index (χ1n) is 20.2. The van der Waals surface area contributed by atoms with Gasteiger partial charge in [0.15, 0.2) is 23.5 Å². The first-order chi connectivity index (χ1) is 28.6. The largest absolute Gasteiger partial charge is 0.480 e. The van der Waals surface area contributed by atoms with Crippen molar-refractivity contribution in [3.8, 4) is 5.75 Å². The van der Waals surface area contributed by atoms with Crippen LogP contribution in [0.3, 0.4) is 0 Å². The van der Waals surface area contributed by atoms with Gasteiger partial charge in [-0.15, -0.1) is 0 Å². The highest BCUT2D eigenvalue weighted by atomic mass is 19.2. The highest BCUT2D eigenvalue weighted by Crippen LogP contribution is 2.33. The van der Waals surface area contributed by atoms with E-state index >= 15 is 0 Å². The zero-order chi connectivity index (χ0) is 44.0. The zero-order valence-corrected chi connectivity index (χ0v) is 33.7. The predicted octanol–water partition coefficient (Wildman–Crippen LogP) is 4.29. The number of carbonyl (C=O) groups excluding carboxylic acids is 1. The second-order valence-electron chi connectivity index (χ2n) is 14.8. The maximum atomic E-state index is 14.2. The average Bonchev–Trinajstić information content (AvgIpc) is 3.72.